The smallest absolute Gasteiger partial charge is 0.224 e. The maximum atomic E-state index is 12.0. The highest BCUT2D eigenvalue weighted by atomic mass is 16.3. The van der Waals surface area contributed by atoms with Crippen LogP contribution in [0.15, 0.2) is 36.4 Å². The highest BCUT2D eigenvalue weighted by Crippen LogP contribution is 2.25. The minimum Gasteiger partial charge on any atom is -0.508 e. The third-order valence-electron chi connectivity index (χ3n) is 3.54. The number of phenolic OH excluding ortho intramolecular Hbond substituents is 1. The van der Waals surface area contributed by atoms with E-state index in [1.807, 2.05) is 39.0 Å². The number of amides is 1. The van der Waals surface area contributed by atoms with Crippen molar-refractivity contribution in [2.75, 3.05) is 5.32 Å². The lowest BCUT2D eigenvalue weighted by atomic mass is 10.1. The van der Waals surface area contributed by atoms with Crippen LogP contribution in [0.5, 0.6) is 5.75 Å². The Morgan fingerprint density at radius 1 is 1.10 bits per heavy atom. The van der Waals surface area contributed by atoms with Crippen molar-refractivity contribution in [3.63, 3.8) is 0 Å². The van der Waals surface area contributed by atoms with Crippen molar-refractivity contribution in [2.45, 2.75) is 33.6 Å². The van der Waals surface area contributed by atoms with E-state index in [-0.39, 0.29) is 11.7 Å². The van der Waals surface area contributed by atoms with Crippen molar-refractivity contribution in [3.05, 3.63) is 58.7 Å². The quantitative estimate of drug-likeness (QED) is 0.836. The highest BCUT2D eigenvalue weighted by molar-refractivity contribution is 5.91. The first kappa shape index (κ1) is 15.1. The monoisotopic (exact) mass is 283 g/mol. The molecule has 0 unspecified atom stereocenters. The summed E-state index contributed by atoms with van der Waals surface area (Å²) >= 11 is 0. The minimum absolute atomic E-state index is 0.00954. The Balaban J connectivity index is 1.97. The Labute approximate surface area is 125 Å². The summed E-state index contributed by atoms with van der Waals surface area (Å²) in [5.74, 6) is 0.245. The summed E-state index contributed by atoms with van der Waals surface area (Å²) in [6.45, 7) is 5.73. The topological polar surface area (TPSA) is 49.3 Å². The molecule has 0 atom stereocenters. The highest BCUT2D eigenvalue weighted by Gasteiger charge is 2.08. The molecule has 0 aliphatic rings. The summed E-state index contributed by atoms with van der Waals surface area (Å²) in [5.41, 5.74) is 4.76. The Hall–Kier alpha value is -2.29. The molecule has 2 aromatic rings. The summed E-state index contributed by atoms with van der Waals surface area (Å²) in [6.07, 6.45) is 1.17. The lowest BCUT2D eigenvalue weighted by Crippen LogP contribution is -2.13. The average molecular weight is 283 g/mol. The number of nitrogens with one attached hydrogen (secondary N) is 1. The molecular formula is C18H21NO2. The van der Waals surface area contributed by atoms with Crippen LogP contribution in [0.1, 0.15) is 28.7 Å². The number of aryl methyl sites for hydroxylation is 4. The van der Waals surface area contributed by atoms with Gasteiger partial charge < -0.3 is 10.4 Å². The van der Waals surface area contributed by atoms with Crippen molar-refractivity contribution in [1.82, 2.24) is 0 Å². The van der Waals surface area contributed by atoms with Gasteiger partial charge in [0.05, 0.1) is 0 Å². The van der Waals surface area contributed by atoms with E-state index in [0.717, 1.165) is 23.2 Å². The first-order chi connectivity index (χ1) is 9.95. The molecule has 0 aliphatic carbocycles. The van der Waals surface area contributed by atoms with Crippen LogP contribution in [0.3, 0.4) is 0 Å². The molecule has 0 fully saturated rings. The molecule has 0 saturated heterocycles. The third kappa shape index (κ3) is 4.09. The zero-order valence-corrected chi connectivity index (χ0v) is 12.7. The second kappa shape index (κ2) is 6.44. The maximum absolute atomic E-state index is 12.0. The fraction of sp³-hybridized carbons (Fsp3) is 0.278. The van der Waals surface area contributed by atoms with E-state index in [1.165, 1.54) is 11.1 Å². The molecule has 2 aromatic carbocycles. The van der Waals surface area contributed by atoms with Crippen LogP contribution in [0, 0.1) is 20.8 Å². The van der Waals surface area contributed by atoms with E-state index in [0.29, 0.717) is 6.42 Å². The number of anilines is 1. The Bertz CT molecular complexity index is 662. The van der Waals surface area contributed by atoms with Gasteiger partial charge in [-0.05, 0) is 56.0 Å². The number of aromatic hydroxyl groups is 1. The zero-order chi connectivity index (χ0) is 15.4. The zero-order valence-electron chi connectivity index (χ0n) is 12.7. The fourth-order valence-corrected chi connectivity index (χ4v) is 2.27. The summed E-state index contributed by atoms with van der Waals surface area (Å²) in [5, 5.41) is 12.5. The standard InChI is InChI=1S/C18H21NO2/c1-12-5-4-6-15(9-12)7-8-18(21)19-16-10-14(3)17(20)11-13(16)2/h4-6,9-11,20H,7-8H2,1-3H3,(H,19,21). The van der Waals surface area contributed by atoms with Crippen LogP contribution in [-0.2, 0) is 11.2 Å². The molecule has 0 radical (unpaired) electrons. The van der Waals surface area contributed by atoms with Gasteiger partial charge in [-0.3, -0.25) is 4.79 Å². The Kier molecular flexibility index (Phi) is 4.63. The SMILES string of the molecule is Cc1cccc(CCC(=O)Nc2cc(C)c(O)cc2C)c1. The van der Waals surface area contributed by atoms with Gasteiger partial charge in [0.15, 0.2) is 0 Å². The Morgan fingerprint density at radius 2 is 1.86 bits per heavy atom. The number of hydrogen-bond acceptors (Lipinski definition) is 2. The summed E-state index contributed by atoms with van der Waals surface area (Å²) in [7, 11) is 0. The van der Waals surface area contributed by atoms with Crippen molar-refractivity contribution < 1.29 is 9.90 Å². The normalized spacial score (nSPS) is 10.4. The number of hydrogen-bond donors (Lipinski definition) is 2. The van der Waals surface area contributed by atoms with E-state index in [2.05, 4.69) is 11.4 Å². The van der Waals surface area contributed by atoms with E-state index < -0.39 is 0 Å². The fourth-order valence-electron chi connectivity index (χ4n) is 2.27. The average Bonchev–Trinajstić information content (AvgIpc) is 2.43. The van der Waals surface area contributed by atoms with Gasteiger partial charge in [0, 0.05) is 12.1 Å². The predicted octanol–water partition coefficient (Wildman–Crippen LogP) is 3.89. The van der Waals surface area contributed by atoms with Crippen LogP contribution in [0.25, 0.3) is 0 Å². The van der Waals surface area contributed by atoms with Crippen molar-refractivity contribution >= 4 is 11.6 Å². The van der Waals surface area contributed by atoms with Gasteiger partial charge in [-0.25, -0.2) is 0 Å². The minimum atomic E-state index is -0.00954. The van der Waals surface area contributed by atoms with E-state index in [9.17, 15) is 9.90 Å². The number of rotatable bonds is 4. The molecule has 0 aromatic heterocycles. The number of carbonyl (C=O) groups is 1. The third-order valence-corrected chi connectivity index (χ3v) is 3.54. The van der Waals surface area contributed by atoms with Crippen molar-refractivity contribution in [3.8, 4) is 5.75 Å². The molecule has 1 amide bonds. The summed E-state index contributed by atoms with van der Waals surface area (Å²) in [6, 6.07) is 11.7. The molecule has 3 nitrogen and oxygen atoms in total. The van der Waals surface area contributed by atoms with Crippen LogP contribution in [0.4, 0.5) is 5.69 Å². The second-order valence-electron chi connectivity index (χ2n) is 5.49. The lowest BCUT2D eigenvalue weighted by molar-refractivity contribution is -0.116. The molecule has 3 heteroatoms. The first-order valence-corrected chi connectivity index (χ1v) is 7.11. The van der Waals surface area contributed by atoms with Gasteiger partial charge in [0.2, 0.25) is 5.91 Å². The summed E-state index contributed by atoms with van der Waals surface area (Å²) < 4.78 is 0. The summed E-state index contributed by atoms with van der Waals surface area (Å²) in [4.78, 5) is 12.0. The van der Waals surface area contributed by atoms with Gasteiger partial charge in [-0.15, -0.1) is 0 Å². The lowest BCUT2D eigenvalue weighted by Gasteiger charge is -2.11. The molecule has 2 N–H and O–H groups in total. The Morgan fingerprint density at radius 3 is 2.57 bits per heavy atom. The molecular weight excluding hydrogens is 262 g/mol. The molecule has 0 bridgehead atoms. The van der Waals surface area contributed by atoms with Crippen LogP contribution < -0.4 is 5.32 Å². The largest absolute Gasteiger partial charge is 0.508 e. The van der Waals surface area contributed by atoms with Crippen molar-refractivity contribution in [1.29, 1.82) is 0 Å². The molecule has 0 aliphatic heterocycles. The number of carbonyl (C=O) groups excluding carboxylic acids is 1. The van der Waals surface area contributed by atoms with Gasteiger partial charge >= 0.3 is 0 Å². The van der Waals surface area contributed by atoms with Gasteiger partial charge in [-0.1, -0.05) is 29.8 Å². The predicted molar refractivity (Wildman–Crippen MR) is 85.7 cm³/mol. The van der Waals surface area contributed by atoms with Crippen LogP contribution in [0.2, 0.25) is 0 Å². The number of phenols is 1. The van der Waals surface area contributed by atoms with E-state index in [1.54, 1.807) is 12.1 Å². The molecule has 0 heterocycles. The maximum Gasteiger partial charge on any atom is 0.224 e. The molecule has 21 heavy (non-hydrogen) atoms. The van der Waals surface area contributed by atoms with Crippen LogP contribution in [-0.4, -0.2) is 11.0 Å². The molecule has 2 rings (SSSR count). The first-order valence-electron chi connectivity index (χ1n) is 7.11. The number of benzene rings is 2. The second-order valence-corrected chi connectivity index (χ2v) is 5.49. The molecule has 110 valence electrons. The van der Waals surface area contributed by atoms with Gasteiger partial charge in [0.25, 0.3) is 0 Å². The van der Waals surface area contributed by atoms with Crippen LogP contribution >= 0.6 is 0 Å². The van der Waals surface area contributed by atoms with E-state index in [4.69, 9.17) is 0 Å². The van der Waals surface area contributed by atoms with Gasteiger partial charge in [0.1, 0.15) is 5.75 Å². The van der Waals surface area contributed by atoms with Gasteiger partial charge in [-0.2, -0.15) is 0 Å². The molecule has 0 spiro atoms. The van der Waals surface area contributed by atoms with Crippen molar-refractivity contribution in [2.24, 2.45) is 0 Å². The molecule has 0 saturated carbocycles. The van der Waals surface area contributed by atoms with E-state index >= 15 is 0 Å².